The predicted octanol–water partition coefficient (Wildman–Crippen LogP) is 1.83. The zero-order valence-corrected chi connectivity index (χ0v) is 11.6. The Bertz CT molecular complexity index is 584. The minimum Gasteiger partial charge on any atom is -0.384 e. The number of anilines is 2. The lowest BCUT2D eigenvalue weighted by molar-refractivity contribution is 0.178. The number of rotatable bonds is 3. The molecule has 0 radical (unpaired) electrons. The first-order valence-corrected chi connectivity index (χ1v) is 7.07. The van der Waals surface area contributed by atoms with E-state index in [0.29, 0.717) is 18.2 Å². The summed E-state index contributed by atoms with van der Waals surface area (Å²) in [6.45, 7) is 2.24. The van der Waals surface area contributed by atoms with Crippen LogP contribution < -0.4 is 10.6 Å². The Labute approximate surface area is 116 Å². The summed E-state index contributed by atoms with van der Waals surface area (Å²) in [7, 11) is 1.63. The van der Waals surface area contributed by atoms with Crippen LogP contribution in [0.1, 0.15) is 16.3 Å². The lowest BCUT2D eigenvalue weighted by Crippen LogP contribution is -2.30. The normalized spacial score (nSPS) is 14.5. The molecule has 0 bridgehead atoms. The fourth-order valence-electron chi connectivity index (χ4n) is 2.30. The van der Waals surface area contributed by atoms with Crippen LogP contribution >= 0.6 is 11.3 Å². The zero-order valence-electron chi connectivity index (χ0n) is 10.8. The molecule has 19 heavy (non-hydrogen) atoms. The topological polar surface area (TPSA) is 64.3 Å². The smallest absolute Gasteiger partial charge is 0.158 e. The SMILES string of the molecule is COCc1nc(N)cc(N2CCc3sccc3C2)n1. The highest BCUT2D eigenvalue weighted by Gasteiger charge is 2.19. The van der Waals surface area contributed by atoms with E-state index in [2.05, 4.69) is 26.3 Å². The number of thiophene rings is 1. The number of nitrogen functional groups attached to an aromatic ring is 1. The summed E-state index contributed by atoms with van der Waals surface area (Å²) in [6, 6.07) is 4.02. The van der Waals surface area contributed by atoms with Crippen LogP contribution in [0, 0.1) is 0 Å². The van der Waals surface area contributed by atoms with Gasteiger partial charge in [-0.3, -0.25) is 0 Å². The monoisotopic (exact) mass is 276 g/mol. The maximum Gasteiger partial charge on any atom is 0.158 e. The third kappa shape index (κ3) is 2.54. The molecule has 1 aliphatic rings. The molecule has 2 aromatic heterocycles. The van der Waals surface area contributed by atoms with E-state index in [4.69, 9.17) is 10.5 Å². The average Bonchev–Trinajstić information content (AvgIpc) is 2.85. The molecule has 0 saturated carbocycles. The minimum atomic E-state index is 0.385. The highest BCUT2D eigenvalue weighted by molar-refractivity contribution is 7.10. The Hall–Kier alpha value is -1.66. The van der Waals surface area contributed by atoms with Gasteiger partial charge in [0, 0.05) is 31.1 Å². The first kappa shape index (κ1) is 12.4. The second-order valence-electron chi connectivity index (χ2n) is 4.54. The zero-order chi connectivity index (χ0) is 13.2. The highest BCUT2D eigenvalue weighted by atomic mass is 32.1. The molecular formula is C13H16N4OS. The summed E-state index contributed by atoms with van der Waals surface area (Å²) in [6.07, 6.45) is 1.07. The van der Waals surface area contributed by atoms with Crippen molar-refractivity contribution in [2.75, 3.05) is 24.3 Å². The Morgan fingerprint density at radius 2 is 2.37 bits per heavy atom. The van der Waals surface area contributed by atoms with Crippen LogP contribution in [-0.4, -0.2) is 23.6 Å². The van der Waals surface area contributed by atoms with Crippen molar-refractivity contribution in [3.63, 3.8) is 0 Å². The Kier molecular flexibility index (Phi) is 3.35. The molecule has 2 N–H and O–H groups in total. The van der Waals surface area contributed by atoms with Gasteiger partial charge in [-0.2, -0.15) is 0 Å². The minimum absolute atomic E-state index is 0.385. The van der Waals surface area contributed by atoms with Crippen molar-refractivity contribution in [3.05, 3.63) is 33.8 Å². The molecule has 100 valence electrons. The number of hydrogen-bond donors (Lipinski definition) is 1. The lowest BCUT2D eigenvalue weighted by Gasteiger charge is -2.28. The van der Waals surface area contributed by atoms with E-state index < -0.39 is 0 Å². The summed E-state index contributed by atoms with van der Waals surface area (Å²) in [4.78, 5) is 12.4. The van der Waals surface area contributed by atoms with Crippen molar-refractivity contribution < 1.29 is 4.74 Å². The summed E-state index contributed by atoms with van der Waals surface area (Å²) >= 11 is 1.83. The molecule has 2 aromatic rings. The second kappa shape index (κ2) is 5.14. The van der Waals surface area contributed by atoms with E-state index in [1.165, 1.54) is 10.4 Å². The Morgan fingerprint density at radius 3 is 3.21 bits per heavy atom. The van der Waals surface area contributed by atoms with E-state index in [0.717, 1.165) is 25.3 Å². The van der Waals surface area contributed by atoms with Crippen molar-refractivity contribution in [1.82, 2.24) is 9.97 Å². The van der Waals surface area contributed by atoms with Gasteiger partial charge in [-0.25, -0.2) is 9.97 Å². The maximum absolute atomic E-state index is 5.84. The third-order valence-corrected chi connectivity index (χ3v) is 4.21. The van der Waals surface area contributed by atoms with Gasteiger partial charge in [-0.15, -0.1) is 11.3 Å². The first-order valence-electron chi connectivity index (χ1n) is 6.19. The molecule has 1 aliphatic heterocycles. The molecule has 0 fully saturated rings. The van der Waals surface area contributed by atoms with E-state index in [9.17, 15) is 0 Å². The van der Waals surface area contributed by atoms with Crippen LogP contribution in [0.25, 0.3) is 0 Å². The van der Waals surface area contributed by atoms with E-state index in [-0.39, 0.29) is 0 Å². The fourth-order valence-corrected chi connectivity index (χ4v) is 3.19. The molecule has 0 unspecified atom stereocenters. The second-order valence-corrected chi connectivity index (χ2v) is 5.54. The molecule has 6 heteroatoms. The van der Waals surface area contributed by atoms with Gasteiger partial charge in [0.25, 0.3) is 0 Å². The van der Waals surface area contributed by atoms with Crippen LogP contribution in [-0.2, 0) is 24.3 Å². The number of aromatic nitrogens is 2. The largest absolute Gasteiger partial charge is 0.384 e. The molecule has 0 aromatic carbocycles. The summed E-state index contributed by atoms with van der Waals surface area (Å²) in [5, 5.41) is 2.15. The number of methoxy groups -OCH3 is 1. The summed E-state index contributed by atoms with van der Waals surface area (Å²) < 4.78 is 5.07. The van der Waals surface area contributed by atoms with E-state index in [1.807, 2.05) is 17.4 Å². The molecule has 3 heterocycles. The van der Waals surface area contributed by atoms with Crippen molar-refractivity contribution >= 4 is 23.0 Å². The van der Waals surface area contributed by atoms with Crippen LogP contribution in [0.3, 0.4) is 0 Å². The third-order valence-electron chi connectivity index (χ3n) is 3.18. The fraction of sp³-hybridized carbons (Fsp3) is 0.385. The number of nitrogens with zero attached hydrogens (tertiary/aromatic N) is 3. The van der Waals surface area contributed by atoms with Crippen molar-refractivity contribution in [2.45, 2.75) is 19.6 Å². The van der Waals surface area contributed by atoms with Gasteiger partial charge < -0.3 is 15.4 Å². The average molecular weight is 276 g/mol. The van der Waals surface area contributed by atoms with Crippen molar-refractivity contribution in [1.29, 1.82) is 0 Å². The summed E-state index contributed by atoms with van der Waals surface area (Å²) in [5.41, 5.74) is 7.23. The van der Waals surface area contributed by atoms with Gasteiger partial charge in [0.1, 0.15) is 18.2 Å². The predicted molar refractivity (Wildman–Crippen MR) is 76.2 cm³/mol. The van der Waals surface area contributed by atoms with Crippen molar-refractivity contribution in [2.24, 2.45) is 0 Å². The van der Waals surface area contributed by atoms with Crippen LogP contribution in [0.15, 0.2) is 17.5 Å². The standard InChI is InChI=1S/C13H16N4OS/c1-18-8-12-15-11(14)6-13(16-12)17-4-2-10-9(7-17)3-5-19-10/h3,5-6H,2,4,7-8H2,1H3,(H2,14,15,16). The van der Waals surface area contributed by atoms with Gasteiger partial charge in [-0.05, 0) is 23.4 Å². The van der Waals surface area contributed by atoms with E-state index >= 15 is 0 Å². The highest BCUT2D eigenvalue weighted by Crippen LogP contribution is 2.27. The van der Waals surface area contributed by atoms with Gasteiger partial charge in [-0.1, -0.05) is 0 Å². The summed E-state index contributed by atoms with van der Waals surface area (Å²) in [5.74, 6) is 2.01. The number of fused-ring (bicyclic) bond motifs is 1. The van der Waals surface area contributed by atoms with Crippen LogP contribution in [0.5, 0.6) is 0 Å². The molecule has 0 amide bonds. The molecule has 0 saturated heterocycles. The van der Waals surface area contributed by atoms with Gasteiger partial charge in [0.15, 0.2) is 5.82 Å². The molecule has 0 aliphatic carbocycles. The molecule has 5 nitrogen and oxygen atoms in total. The maximum atomic E-state index is 5.84. The molecule has 0 spiro atoms. The molecule has 0 atom stereocenters. The Morgan fingerprint density at radius 1 is 1.47 bits per heavy atom. The van der Waals surface area contributed by atoms with Gasteiger partial charge >= 0.3 is 0 Å². The van der Waals surface area contributed by atoms with Crippen LogP contribution in [0.4, 0.5) is 11.6 Å². The van der Waals surface area contributed by atoms with Crippen LogP contribution in [0.2, 0.25) is 0 Å². The number of hydrogen-bond acceptors (Lipinski definition) is 6. The first-order chi connectivity index (χ1) is 9.26. The number of nitrogens with two attached hydrogens (primary N) is 1. The lowest BCUT2D eigenvalue weighted by atomic mass is 10.1. The van der Waals surface area contributed by atoms with E-state index in [1.54, 1.807) is 7.11 Å². The quantitative estimate of drug-likeness (QED) is 0.926. The van der Waals surface area contributed by atoms with Gasteiger partial charge in [0.2, 0.25) is 0 Å². The van der Waals surface area contributed by atoms with Crippen molar-refractivity contribution in [3.8, 4) is 0 Å². The molecule has 3 rings (SSSR count). The molecular weight excluding hydrogens is 260 g/mol. The number of ether oxygens (including phenoxy) is 1. The Balaban J connectivity index is 1.87. The van der Waals surface area contributed by atoms with Gasteiger partial charge in [0.05, 0.1) is 0 Å².